The molecule has 0 saturated heterocycles. The summed E-state index contributed by atoms with van der Waals surface area (Å²) in [5.41, 5.74) is 0.460. The number of hydrogen-bond acceptors (Lipinski definition) is 3. The number of fused-ring (bicyclic) bond motifs is 1. The molecule has 4 heteroatoms. The van der Waals surface area contributed by atoms with Gasteiger partial charge >= 0.3 is 0 Å². The maximum Gasteiger partial charge on any atom is 0.120 e. The molecule has 2 aromatic heterocycles. The van der Waals surface area contributed by atoms with Gasteiger partial charge in [-0.25, -0.2) is 0 Å². The van der Waals surface area contributed by atoms with Crippen LogP contribution in [-0.4, -0.2) is 26.7 Å². The lowest BCUT2D eigenvalue weighted by Crippen LogP contribution is -2.35. The lowest BCUT2D eigenvalue weighted by molar-refractivity contribution is 0.143. The molecule has 22 heavy (non-hydrogen) atoms. The molecule has 1 N–H and O–H groups in total. The molecule has 0 aliphatic carbocycles. The molecular weight excluding hydrogens is 292 g/mol. The Hall–Kier alpha value is -1.54. The third-order valence-electron chi connectivity index (χ3n) is 3.98. The summed E-state index contributed by atoms with van der Waals surface area (Å²) in [5, 5.41) is 9.67. The SMILES string of the molecule is C[C@@H]1c2cccn2CCN1Cc1ccc(C#CC(C)(C)O)s1. The average Bonchev–Trinajstić information content (AvgIpc) is 3.08. The Balaban J connectivity index is 1.70. The van der Waals surface area contributed by atoms with Gasteiger partial charge in [0.05, 0.1) is 4.88 Å². The highest BCUT2D eigenvalue weighted by molar-refractivity contribution is 7.12. The fourth-order valence-corrected chi connectivity index (χ4v) is 3.67. The van der Waals surface area contributed by atoms with Crippen molar-refractivity contribution in [3.05, 3.63) is 45.9 Å². The minimum Gasteiger partial charge on any atom is -0.378 e. The molecule has 0 unspecified atom stereocenters. The topological polar surface area (TPSA) is 28.4 Å². The average molecular weight is 314 g/mol. The van der Waals surface area contributed by atoms with E-state index in [4.69, 9.17) is 0 Å². The number of aromatic nitrogens is 1. The van der Waals surface area contributed by atoms with Crippen molar-refractivity contribution in [1.29, 1.82) is 0 Å². The van der Waals surface area contributed by atoms with Gasteiger partial charge in [-0.15, -0.1) is 11.3 Å². The smallest absolute Gasteiger partial charge is 0.120 e. The molecule has 0 bridgehead atoms. The van der Waals surface area contributed by atoms with E-state index in [9.17, 15) is 5.11 Å². The Bertz CT molecular complexity index is 711. The van der Waals surface area contributed by atoms with Crippen LogP contribution in [0.4, 0.5) is 0 Å². The molecule has 3 nitrogen and oxygen atoms in total. The number of hydrogen-bond donors (Lipinski definition) is 1. The molecule has 1 aliphatic rings. The minimum absolute atomic E-state index is 0.441. The first-order valence-corrected chi connectivity index (χ1v) is 8.47. The van der Waals surface area contributed by atoms with E-state index in [1.165, 1.54) is 10.6 Å². The Morgan fingerprint density at radius 1 is 1.32 bits per heavy atom. The van der Waals surface area contributed by atoms with Crippen LogP contribution in [0.3, 0.4) is 0 Å². The molecular formula is C18H22N2OS. The molecule has 3 rings (SSSR count). The molecule has 0 radical (unpaired) electrons. The van der Waals surface area contributed by atoms with E-state index in [1.807, 2.05) is 0 Å². The lowest BCUT2D eigenvalue weighted by atomic mass is 10.1. The van der Waals surface area contributed by atoms with E-state index in [1.54, 1.807) is 25.2 Å². The third-order valence-corrected chi connectivity index (χ3v) is 4.97. The zero-order valence-electron chi connectivity index (χ0n) is 13.3. The van der Waals surface area contributed by atoms with Crippen molar-refractivity contribution < 1.29 is 5.11 Å². The highest BCUT2D eigenvalue weighted by Crippen LogP contribution is 2.28. The van der Waals surface area contributed by atoms with E-state index in [0.717, 1.165) is 24.5 Å². The fraction of sp³-hybridized carbons (Fsp3) is 0.444. The lowest BCUT2D eigenvalue weighted by Gasteiger charge is -2.34. The second-order valence-corrected chi connectivity index (χ2v) is 7.52. The van der Waals surface area contributed by atoms with Crippen molar-refractivity contribution in [2.45, 2.75) is 45.5 Å². The van der Waals surface area contributed by atoms with Crippen LogP contribution in [0.2, 0.25) is 0 Å². The molecule has 0 saturated carbocycles. The van der Waals surface area contributed by atoms with Crippen molar-refractivity contribution >= 4 is 11.3 Å². The molecule has 116 valence electrons. The number of nitrogens with zero attached hydrogens (tertiary/aromatic N) is 2. The maximum absolute atomic E-state index is 9.67. The van der Waals surface area contributed by atoms with Gasteiger partial charge in [0.25, 0.3) is 0 Å². The number of thiophene rings is 1. The van der Waals surface area contributed by atoms with E-state index in [2.05, 4.69) is 58.7 Å². The molecule has 0 fully saturated rings. The number of rotatable bonds is 2. The van der Waals surface area contributed by atoms with Gasteiger partial charge in [-0.1, -0.05) is 11.8 Å². The predicted octanol–water partition coefficient (Wildman–Crippen LogP) is 3.25. The first-order valence-electron chi connectivity index (χ1n) is 7.66. The third kappa shape index (κ3) is 3.44. The van der Waals surface area contributed by atoms with Crippen LogP contribution >= 0.6 is 11.3 Å². The summed E-state index contributed by atoms with van der Waals surface area (Å²) in [6.07, 6.45) is 2.17. The molecule has 0 aromatic carbocycles. The normalized spacial score (nSPS) is 18.6. The number of aliphatic hydroxyl groups is 1. The predicted molar refractivity (Wildman–Crippen MR) is 90.8 cm³/mol. The largest absolute Gasteiger partial charge is 0.378 e. The van der Waals surface area contributed by atoms with Crippen LogP contribution in [-0.2, 0) is 13.1 Å². The van der Waals surface area contributed by atoms with Crippen LogP contribution in [0.1, 0.15) is 42.3 Å². The van der Waals surface area contributed by atoms with Crippen molar-refractivity contribution in [3.63, 3.8) is 0 Å². The van der Waals surface area contributed by atoms with Crippen molar-refractivity contribution in [1.82, 2.24) is 9.47 Å². The van der Waals surface area contributed by atoms with Gasteiger partial charge in [-0.3, -0.25) is 4.90 Å². The quantitative estimate of drug-likeness (QED) is 0.862. The second kappa shape index (κ2) is 5.92. The molecule has 0 amide bonds. The van der Waals surface area contributed by atoms with Gasteiger partial charge in [0.15, 0.2) is 0 Å². The van der Waals surface area contributed by atoms with Crippen molar-refractivity contribution in [2.75, 3.05) is 6.54 Å². The zero-order chi connectivity index (χ0) is 15.7. The summed E-state index contributed by atoms with van der Waals surface area (Å²) in [6, 6.07) is 8.99. The summed E-state index contributed by atoms with van der Waals surface area (Å²) in [5.74, 6) is 5.93. The molecule has 1 aliphatic heterocycles. The van der Waals surface area contributed by atoms with Gasteiger partial charge in [0.1, 0.15) is 5.60 Å². The molecule has 2 aromatic rings. The Kier molecular flexibility index (Phi) is 4.14. The monoisotopic (exact) mass is 314 g/mol. The highest BCUT2D eigenvalue weighted by atomic mass is 32.1. The molecule has 0 spiro atoms. The van der Waals surface area contributed by atoms with Crippen LogP contribution in [0.25, 0.3) is 0 Å². The Labute approximate surface area is 136 Å². The summed E-state index contributed by atoms with van der Waals surface area (Å²) in [6.45, 7) is 8.78. The highest BCUT2D eigenvalue weighted by Gasteiger charge is 2.23. The zero-order valence-corrected chi connectivity index (χ0v) is 14.2. The fourth-order valence-electron chi connectivity index (χ4n) is 2.79. The first kappa shape index (κ1) is 15.4. The van der Waals surface area contributed by atoms with Gasteiger partial charge in [0, 0.05) is 42.4 Å². The standard InChI is InChI=1S/C18H22N2OS/c1-14-17-5-4-10-19(17)11-12-20(14)13-16-7-6-15(22-16)8-9-18(2,3)21/h4-7,10,14,21H,11-13H2,1-3H3/t14-/m1/s1. The van der Waals surface area contributed by atoms with Crippen molar-refractivity contribution in [3.8, 4) is 11.8 Å². The minimum atomic E-state index is -0.934. The van der Waals surface area contributed by atoms with Crippen LogP contribution in [0.15, 0.2) is 30.5 Å². The molecule has 1 atom stereocenters. The van der Waals surface area contributed by atoms with Crippen molar-refractivity contribution in [2.24, 2.45) is 0 Å². The van der Waals surface area contributed by atoms with Gasteiger partial charge in [0.2, 0.25) is 0 Å². The first-order chi connectivity index (χ1) is 10.4. The van der Waals surface area contributed by atoms with Crippen LogP contribution in [0, 0.1) is 11.8 Å². The van der Waals surface area contributed by atoms with Gasteiger partial charge in [-0.2, -0.15) is 0 Å². The molecule has 3 heterocycles. The van der Waals surface area contributed by atoms with Gasteiger partial charge < -0.3 is 9.67 Å². The Morgan fingerprint density at radius 3 is 2.91 bits per heavy atom. The summed E-state index contributed by atoms with van der Waals surface area (Å²) >= 11 is 1.72. The maximum atomic E-state index is 9.67. The summed E-state index contributed by atoms with van der Waals surface area (Å²) < 4.78 is 2.34. The Morgan fingerprint density at radius 2 is 2.14 bits per heavy atom. The van der Waals surface area contributed by atoms with Crippen LogP contribution in [0.5, 0.6) is 0 Å². The van der Waals surface area contributed by atoms with Crippen LogP contribution < -0.4 is 0 Å². The van der Waals surface area contributed by atoms with E-state index in [0.29, 0.717) is 6.04 Å². The van der Waals surface area contributed by atoms with E-state index >= 15 is 0 Å². The summed E-state index contributed by atoms with van der Waals surface area (Å²) in [4.78, 5) is 4.85. The van der Waals surface area contributed by atoms with E-state index in [-0.39, 0.29) is 0 Å². The van der Waals surface area contributed by atoms with E-state index < -0.39 is 5.60 Å². The second-order valence-electron chi connectivity index (χ2n) is 6.35. The summed E-state index contributed by atoms with van der Waals surface area (Å²) in [7, 11) is 0. The van der Waals surface area contributed by atoms with Gasteiger partial charge in [-0.05, 0) is 45.0 Å².